The average molecular weight is 254 g/mol. The third-order valence-corrected chi connectivity index (χ3v) is 2.26. The van der Waals surface area contributed by atoms with E-state index in [4.69, 9.17) is 17.3 Å². The smallest absolute Gasteiger partial charge is 0.281 e. The van der Waals surface area contributed by atoms with Gasteiger partial charge in [-0.1, -0.05) is 11.6 Å². The van der Waals surface area contributed by atoms with Crippen molar-refractivity contribution in [2.45, 2.75) is 6.92 Å². The number of nitrogens with one attached hydrogen (secondary N) is 1. The first-order valence-corrected chi connectivity index (χ1v) is 4.97. The van der Waals surface area contributed by atoms with Gasteiger partial charge in [-0.25, -0.2) is 9.61 Å². The van der Waals surface area contributed by atoms with Crippen molar-refractivity contribution in [3.8, 4) is 0 Å². The Morgan fingerprint density at radius 1 is 1.53 bits per heavy atom. The number of carbonyl (C=O) groups is 1. The lowest BCUT2D eigenvalue weighted by Crippen LogP contribution is -2.15. The molecule has 88 valence electrons. The van der Waals surface area contributed by atoms with Crippen LogP contribution < -0.4 is 11.1 Å². The van der Waals surface area contributed by atoms with E-state index >= 15 is 0 Å². The normalized spacial score (nSPS) is 10.2. The molecule has 17 heavy (non-hydrogen) atoms. The second-order valence-corrected chi connectivity index (χ2v) is 3.66. The fourth-order valence-electron chi connectivity index (χ4n) is 1.19. The highest BCUT2D eigenvalue weighted by Crippen LogP contribution is 2.18. The van der Waals surface area contributed by atoms with Crippen LogP contribution in [0.15, 0.2) is 16.9 Å². The number of hydrogen-bond donors (Lipinski definition) is 2. The lowest BCUT2D eigenvalue weighted by atomic mass is 10.2. The van der Waals surface area contributed by atoms with E-state index in [-0.39, 0.29) is 11.5 Å². The number of nitrogen functional groups attached to an aromatic ring is 1. The summed E-state index contributed by atoms with van der Waals surface area (Å²) in [6, 6.07) is 1.63. The number of nitrogens with zero attached hydrogens (tertiary/aromatic N) is 3. The van der Waals surface area contributed by atoms with Crippen LogP contribution in [0, 0.1) is 6.92 Å². The van der Waals surface area contributed by atoms with Gasteiger partial charge in [-0.2, -0.15) is 0 Å². The summed E-state index contributed by atoms with van der Waals surface area (Å²) >= 11 is 5.70. The summed E-state index contributed by atoms with van der Waals surface area (Å²) < 4.78 is 4.33. The number of aryl methyl sites for hydroxylation is 1. The Labute approximate surface area is 101 Å². The molecule has 2 aromatic rings. The zero-order valence-electron chi connectivity index (χ0n) is 8.77. The van der Waals surface area contributed by atoms with E-state index in [0.29, 0.717) is 10.8 Å². The van der Waals surface area contributed by atoms with Gasteiger partial charge in [0.1, 0.15) is 5.15 Å². The van der Waals surface area contributed by atoms with Crippen LogP contribution in [0.3, 0.4) is 0 Å². The zero-order valence-corrected chi connectivity index (χ0v) is 9.52. The topological polar surface area (TPSA) is 107 Å². The van der Waals surface area contributed by atoms with Gasteiger partial charge in [0.15, 0.2) is 0 Å². The number of amides is 1. The Hall–Kier alpha value is -2.15. The minimum Gasteiger partial charge on any atom is -0.379 e. The lowest BCUT2D eigenvalue weighted by Gasteiger charge is -2.06. The van der Waals surface area contributed by atoms with Gasteiger partial charge in [0.2, 0.25) is 11.5 Å². The predicted molar refractivity (Wildman–Crippen MR) is 60.6 cm³/mol. The highest BCUT2D eigenvalue weighted by molar-refractivity contribution is 6.29. The summed E-state index contributed by atoms with van der Waals surface area (Å²) in [5.41, 5.74) is 6.61. The van der Waals surface area contributed by atoms with Gasteiger partial charge in [-0.3, -0.25) is 4.79 Å². The van der Waals surface area contributed by atoms with Crippen LogP contribution in [0.5, 0.6) is 0 Å². The number of pyridine rings is 1. The molecule has 0 atom stereocenters. The molecule has 2 aromatic heterocycles. The predicted octanol–water partition coefficient (Wildman–Crippen LogP) is 1.26. The molecule has 0 unspecified atom stereocenters. The molecule has 1 amide bonds. The van der Waals surface area contributed by atoms with Crippen molar-refractivity contribution in [1.29, 1.82) is 0 Å². The number of halogens is 1. The molecular weight excluding hydrogens is 246 g/mol. The number of carbonyl (C=O) groups excluding carboxylic acids is 1. The summed E-state index contributed by atoms with van der Waals surface area (Å²) in [6.45, 7) is 1.79. The molecule has 2 rings (SSSR count). The highest BCUT2D eigenvalue weighted by atomic mass is 35.5. The SMILES string of the molecule is Cc1cc(Cl)ncc1NC(=O)c1nonc1N. The first-order chi connectivity index (χ1) is 8.08. The highest BCUT2D eigenvalue weighted by Gasteiger charge is 2.16. The Morgan fingerprint density at radius 3 is 2.88 bits per heavy atom. The molecule has 0 aromatic carbocycles. The van der Waals surface area contributed by atoms with E-state index < -0.39 is 5.91 Å². The summed E-state index contributed by atoms with van der Waals surface area (Å²) in [7, 11) is 0. The molecule has 0 aliphatic heterocycles. The first kappa shape index (κ1) is 11.3. The fourth-order valence-corrected chi connectivity index (χ4v) is 1.40. The quantitative estimate of drug-likeness (QED) is 0.780. The van der Waals surface area contributed by atoms with Crippen LogP contribution >= 0.6 is 11.6 Å². The summed E-state index contributed by atoms with van der Waals surface area (Å²) in [6.07, 6.45) is 1.44. The van der Waals surface area contributed by atoms with Gasteiger partial charge in [0.25, 0.3) is 5.91 Å². The van der Waals surface area contributed by atoms with E-state index in [1.54, 1.807) is 13.0 Å². The first-order valence-electron chi connectivity index (χ1n) is 4.59. The van der Waals surface area contributed by atoms with E-state index in [9.17, 15) is 4.79 Å². The van der Waals surface area contributed by atoms with Crippen LogP contribution in [0.2, 0.25) is 5.15 Å². The molecule has 0 saturated heterocycles. The monoisotopic (exact) mass is 253 g/mol. The molecule has 3 N–H and O–H groups in total. The molecular formula is C9H8ClN5O2. The summed E-state index contributed by atoms with van der Waals surface area (Å²) in [5.74, 6) is -0.585. The van der Waals surface area contributed by atoms with Crippen molar-refractivity contribution in [2.75, 3.05) is 11.1 Å². The minimum atomic E-state index is -0.518. The average Bonchev–Trinajstić information content (AvgIpc) is 2.68. The fraction of sp³-hybridized carbons (Fsp3) is 0.111. The third kappa shape index (κ3) is 2.34. The molecule has 0 saturated carbocycles. The zero-order chi connectivity index (χ0) is 12.4. The molecule has 0 aliphatic carbocycles. The van der Waals surface area contributed by atoms with Crippen LogP contribution in [-0.2, 0) is 0 Å². The molecule has 0 bridgehead atoms. The molecule has 8 heteroatoms. The molecule has 0 spiro atoms. The van der Waals surface area contributed by atoms with Crippen molar-refractivity contribution >= 4 is 29.0 Å². The third-order valence-electron chi connectivity index (χ3n) is 2.05. The van der Waals surface area contributed by atoms with Crippen molar-refractivity contribution < 1.29 is 9.42 Å². The Bertz CT molecular complexity index is 568. The molecule has 0 fully saturated rings. The number of nitrogens with two attached hydrogens (primary N) is 1. The largest absolute Gasteiger partial charge is 0.379 e. The standard InChI is InChI=1S/C9H8ClN5O2/c1-4-2-6(10)12-3-5(4)13-9(16)7-8(11)15-17-14-7/h2-3H,1H3,(H2,11,15)(H,13,16). The van der Waals surface area contributed by atoms with Crippen LogP contribution in [-0.4, -0.2) is 21.2 Å². The Morgan fingerprint density at radius 2 is 2.29 bits per heavy atom. The summed E-state index contributed by atoms with van der Waals surface area (Å²) in [5, 5.41) is 9.63. The van der Waals surface area contributed by atoms with Crippen molar-refractivity contribution in [1.82, 2.24) is 15.3 Å². The molecule has 7 nitrogen and oxygen atoms in total. The van der Waals surface area contributed by atoms with E-state index in [1.807, 2.05) is 0 Å². The van der Waals surface area contributed by atoms with Crippen LogP contribution in [0.4, 0.5) is 11.5 Å². The number of rotatable bonds is 2. The van der Waals surface area contributed by atoms with E-state index in [2.05, 4.69) is 25.2 Å². The lowest BCUT2D eigenvalue weighted by molar-refractivity contribution is 0.101. The van der Waals surface area contributed by atoms with E-state index in [0.717, 1.165) is 5.56 Å². The van der Waals surface area contributed by atoms with E-state index in [1.165, 1.54) is 6.20 Å². The minimum absolute atomic E-state index is 0.0675. The van der Waals surface area contributed by atoms with Crippen molar-refractivity contribution in [3.05, 3.63) is 28.7 Å². The Kier molecular flexibility index (Phi) is 2.92. The van der Waals surface area contributed by atoms with Gasteiger partial charge in [-0.05, 0) is 28.9 Å². The van der Waals surface area contributed by atoms with Crippen LogP contribution in [0.25, 0.3) is 0 Å². The van der Waals surface area contributed by atoms with Gasteiger partial charge in [-0.15, -0.1) is 0 Å². The number of aromatic nitrogens is 3. The summed E-state index contributed by atoms with van der Waals surface area (Å²) in [4.78, 5) is 15.6. The van der Waals surface area contributed by atoms with Crippen molar-refractivity contribution in [3.63, 3.8) is 0 Å². The Balaban J connectivity index is 2.22. The maximum absolute atomic E-state index is 11.7. The van der Waals surface area contributed by atoms with Crippen LogP contribution in [0.1, 0.15) is 16.1 Å². The van der Waals surface area contributed by atoms with Gasteiger partial charge in [0.05, 0.1) is 11.9 Å². The maximum Gasteiger partial charge on any atom is 0.281 e. The molecule has 2 heterocycles. The molecule has 0 aliphatic rings. The van der Waals surface area contributed by atoms with Crippen molar-refractivity contribution in [2.24, 2.45) is 0 Å². The number of hydrogen-bond acceptors (Lipinski definition) is 6. The maximum atomic E-state index is 11.7. The second kappa shape index (κ2) is 4.38. The number of anilines is 2. The van der Waals surface area contributed by atoms with Gasteiger partial charge < -0.3 is 11.1 Å². The second-order valence-electron chi connectivity index (χ2n) is 3.27. The van der Waals surface area contributed by atoms with Gasteiger partial charge in [0, 0.05) is 0 Å². The molecule has 0 radical (unpaired) electrons. The van der Waals surface area contributed by atoms with Gasteiger partial charge >= 0.3 is 0 Å².